The molecule has 1 aliphatic rings. The number of rotatable bonds is 3. The van der Waals surface area contributed by atoms with E-state index in [1.807, 2.05) is 27.0 Å². The Bertz CT molecular complexity index is 418. The van der Waals surface area contributed by atoms with Gasteiger partial charge in [0.15, 0.2) is 0 Å². The molecule has 0 aliphatic carbocycles. The Morgan fingerprint density at radius 1 is 1.58 bits per heavy atom. The molecule has 19 heavy (non-hydrogen) atoms. The predicted molar refractivity (Wildman–Crippen MR) is 71.6 cm³/mol. The van der Waals surface area contributed by atoms with Gasteiger partial charge in [0.1, 0.15) is 5.60 Å². The summed E-state index contributed by atoms with van der Waals surface area (Å²) in [6.45, 7) is 7.90. The maximum absolute atomic E-state index is 11.8. The van der Waals surface area contributed by atoms with Crippen LogP contribution in [0.5, 0.6) is 0 Å². The number of nitrogens with one attached hydrogen (secondary N) is 1. The van der Waals surface area contributed by atoms with Crippen LogP contribution in [0.25, 0.3) is 0 Å². The number of imidazole rings is 1. The van der Waals surface area contributed by atoms with E-state index < -0.39 is 5.60 Å². The van der Waals surface area contributed by atoms with Gasteiger partial charge in [0.25, 0.3) is 0 Å². The van der Waals surface area contributed by atoms with Crippen molar-refractivity contribution in [1.29, 1.82) is 0 Å². The molecule has 0 atom stereocenters. The Morgan fingerprint density at radius 2 is 2.26 bits per heavy atom. The fourth-order valence-corrected chi connectivity index (χ4v) is 1.98. The van der Waals surface area contributed by atoms with Crippen LogP contribution in [0.4, 0.5) is 4.79 Å². The van der Waals surface area contributed by atoms with Gasteiger partial charge >= 0.3 is 6.09 Å². The fourth-order valence-electron chi connectivity index (χ4n) is 1.98. The molecule has 1 aromatic heterocycles. The van der Waals surface area contributed by atoms with Crippen LogP contribution in [0, 0.1) is 0 Å². The highest BCUT2D eigenvalue weighted by molar-refractivity contribution is 5.69. The van der Waals surface area contributed by atoms with E-state index in [0.29, 0.717) is 6.04 Å². The normalized spacial score (nSPS) is 16.6. The molecule has 106 valence electrons. The van der Waals surface area contributed by atoms with Crippen LogP contribution >= 0.6 is 0 Å². The summed E-state index contributed by atoms with van der Waals surface area (Å²) in [7, 11) is 2.05. The van der Waals surface area contributed by atoms with E-state index in [-0.39, 0.29) is 6.09 Å². The van der Waals surface area contributed by atoms with Crippen LogP contribution in [0.2, 0.25) is 0 Å². The monoisotopic (exact) mass is 266 g/mol. The number of H-pyrrole nitrogens is 1. The molecule has 6 heteroatoms. The number of aromatic amines is 1. The first-order valence-corrected chi connectivity index (χ1v) is 6.50. The first kappa shape index (κ1) is 13.9. The Labute approximate surface area is 113 Å². The van der Waals surface area contributed by atoms with Gasteiger partial charge in [-0.2, -0.15) is 0 Å². The Hall–Kier alpha value is -1.56. The first-order chi connectivity index (χ1) is 8.85. The number of nitrogens with zero attached hydrogens (tertiary/aromatic N) is 3. The largest absolute Gasteiger partial charge is 0.444 e. The Kier molecular flexibility index (Phi) is 3.80. The molecule has 1 amide bonds. The third-order valence-electron chi connectivity index (χ3n) is 3.11. The summed E-state index contributed by atoms with van der Waals surface area (Å²) in [5.74, 6) is 0. The van der Waals surface area contributed by atoms with Crippen LogP contribution in [0.1, 0.15) is 26.5 Å². The van der Waals surface area contributed by atoms with Gasteiger partial charge in [-0.15, -0.1) is 0 Å². The van der Waals surface area contributed by atoms with Crippen LogP contribution in [0.3, 0.4) is 0 Å². The third-order valence-corrected chi connectivity index (χ3v) is 3.11. The lowest BCUT2D eigenvalue weighted by Gasteiger charge is -2.43. The van der Waals surface area contributed by atoms with Gasteiger partial charge in [-0.3, -0.25) is 4.90 Å². The van der Waals surface area contributed by atoms with Gasteiger partial charge in [-0.1, -0.05) is 0 Å². The van der Waals surface area contributed by atoms with Gasteiger partial charge in [-0.25, -0.2) is 9.78 Å². The molecule has 1 fully saturated rings. The van der Waals surface area contributed by atoms with Crippen LogP contribution < -0.4 is 0 Å². The molecule has 0 bridgehead atoms. The van der Waals surface area contributed by atoms with E-state index >= 15 is 0 Å². The van der Waals surface area contributed by atoms with Gasteiger partial charge in [0.2, 0.25) is 0 Å². The molecule has 1 N–H and O–H groups in total. The lowest BCUT2D eigenvalue weighted by atomic mass is 10.1. The summed E-state index contributed by atoms with van der Waals surface area (Å²) in [6.07, 6.45) is 3.27. The van der Waals surface area contributed by atoms with Crippen LogP contribution in [-0.4, -0.2) is 57.6 Å². The van der Waals surface area contributed by atoms with Crippen molar-refractivity contribution in [2.75, 3.05) is 20.1 Å². The zero-order valence-electron chi connectivity index (χ0n) is 12.0. The number of likely N-dealkylation sites (tertiary alicyclic amines) is 1. The van der Waals surface area contributed by atoms with E-state index in [1.54, 1.807) is 11.2 Å². The highest BCUT2D eigenvalue weighted by Gasteiger charge is 2.35. The molecule has 2 rings (SSSR count). The van der Waals surface area contributed by atoms with Crippen molar-refractivity contribution in [2.24, 2.45) is 0 Å². The number of carbonyl (C=O) groups excluding carboxylic acids is 1. The summed E-state index contributed by atoms with van der Waals surface area (Å²) < 4.78 is 5.33. The molecule has 1 aliphatic heterocycles. The third kappa shape index (κ3) is 3.70. The topological polar surface area (TPSA) is 61.5 Å². The molecule has 1 saturated heterocycles. The molecule has 0 spiro atoms. The van der Waals surface area contributed by atoms with Crippen molar-refractivity contribution in [2.45, 2.75) is 39.0 Å². The van der Waals surface area contributed by atoms with Crippen molar-refractivity contribution in [3.05, 3.63) is 18.2 Å². The quantitative estimate of drug-likeness (QED) is 0.899. The van der Waals surface area contributed by atoms with E-state index in [0.717, 1.165) is 25.3 Å². The van der Waals surface area contributed by atoms with Crippen molar-refractivity contribution in [3.63, 3.8) is 0 Å². The number of likely N-dealkylation sites (N-methyl/N-ethyl adjacent to an activating group) is 1. The summed E-state index contributed by atoms with van der Waals surface area (Å²) in [5.41, 5.74) is 0.655. The minimum atomic E-state index is -0.427. The maximum atomic E-state index is 11.8. The summed E-state index contributed by atoms with van der Waals surface area (Å²) in [6, 6.07) is 0.385. The van der Waals surface area contributed by atoms with Crippen LogP contribution in [-0.2, 0) is 11.3 Å². The second-order valence-corrected chi connectivity index (χ2v) is 6.03. The van der Waals surface area contributed by atoms with Crippen molar-refractivity contribution >= 4 is 6.09 Å². The Morgan fingerprint density at radius 3 is 2.79 bits per heavy atom. The molecule has 1 aromatic rings. The van der Waals surface area contributed by atoms with E-state index in [2.05, 4.69) is 21.9 Å². The average molecular weight is 266 g/mol. The van der Waals surface area contributed by atoms with Gasteiger partial charge < -0.3 is 14.6 Å². The zero-order valence-corrected chi connectivity index (χ0v) is 12.0. The number of ether oxygens (including phenoxy) is 1. The fraction of sp³-hybridized carbons (Fsp3) is 0.692. The second kappa shape index (κ2) is 5.21. The molecule has 0 saturated carbocycles. The van der Waals surface area contributed by atoms with E-state index in [9.17, 15) is 4.79 Å². The van der Waals surface area contributed by atoms with Crippen molar-refractivity contribution in [3.8, 4) is 0 Å². The number of carbonyl (C=O) groups is 1. The molecule has 0 radical (unpaired) electrons. The van der Waals surface area contributed by atoms with Crippen molar-refractivity contribution < 1.29 is 9.53 Å². The number of aromatic nitrogens is 2. The lowest BCUT2D eigenvalue weighted by molar-refractivity contribution is -0.0121. The molecule has 0 aromatic carbocycles. The standard InChI is InChI=1S/C13H22N4O2/c1-13(2,3)19-12(18)17-7-11(8-17)16(4)6-10-5-14-9-15-10/h5,9,11H,6-8H2,1-4H3,(H,14,15). The van der Waals surface area contributed by atoms with Gasteiger partial charge in [0.05, 0.1) is 6.33 Å². The summed E-state index contributed by atoms with van der Waals surface area (Å²) >= 11 is 0. The molecular weight excluding hydrogens is 244 g/mol. The molecule has 0 unspecified atom stereocenters. The number of hydrogen-bond acceptors (Lipinski definition) is 4. The lowest BCUT2D eigenvalue weighted by Crippen LogP contribution is -2.60. The average Bonchev–Trinajstić information content (AvgIpc) is 2.64. The summed E-state index contributed by atoms with van der Waals surface area (Å²) in [5, 5.41) is 0. The zero-order chi connectivity index (χ0) is 14.0. The minimum absolute atomic E-state index is 0.223. The highest BCUT2D eigenvalue weighted by Crippen LogP contribution is 2.19. The smallest absolute Gasteiger partial charge is 0.410 e. The molecule has 6 nitrogen and oxygen atoms in total. The summed E-state index contributed by atoms with van der Waals surface area (Å²) in [4.78, 5) is 22.8. The van der Waals surface area contributed by atoms with Gasteiger partial charge in [0, 0.05) is 37.6 Å². The number of hydrogen-bond donors (Lipinski definition) is 1. The molecular formula is C13H22N4O2. The maximum Gasteiger partial charge on any atom is 0.410 e. The van der Waals surface area contributed by atoms with E-state index in [1.165, 1.54) is 0 Å². The number of amides is 1. The first-order valence-electron chi connectivity index (χ1n) is 6.50. The van der Waals surface area contributed by atoms with Crippen molar-refractivity contribution in [1.82, 2.24) is 19.8 Å². The van der Waals surface area contributed by atoms with Gasteiger partial charge in [-0.05, 0) is 27.8 Å². The molecule has 2 heterocycles. The Balaban J connectivity index is 1.75. The highest BCUT2D eigenvalue weighted by atomic mass is 16.6. The SMILES string of the molecule is CN(Cc1cnc[nH]1)C1CN(C(=O)OC(C)(C)C)C1. The van der Waals surface area contributed by atoms with Crippen LogP contribution in [0.15, 0.2) is 12.5 Å². The predicted octanol–water partition coefficient (Wildman–Crippen LogP) is 1.46. The second-order valence-electron chi connectivity index (χ2n) is 6.03. The minimum Gasteiger partial charge on any atom is -0.444 e. The van der Waals surface area contributed by atoms with E-state index in [4.69, 9.17) is 4.74 Å².